The highest BCUT2D eigenvalue weighted by molar-refractivity contribution is 5.52. The third-order valence-corrected chi connectivity index (χ3v) is 4.54. The van der Waals surface area contributed by atoms with Crippen molar-refractivity contribution in [3.63, 3.8) is 0 Å². The van der Waals surface area contributed by atoms with Gasteiger partial charge in [0.2, 0.25) is 0 Å². The first-order valence-corrected chi connectivity index (χ1v) is 7.63. The van der Waals surface area contributed by atoms with Gasteiger partial charge in [-0.05, 0) is 40.8 Å². The van der Waals surface area contributed by atoms with Crippen LogP contribution in [-0.2, 0) is 25.9 Å². The van der Waals surface area contributed by atoms with E-state index < -0.39 is 0 Å². The predicted octanol–water partition coefficient (Wildman–Crippen LogP) is 2.76. The number of fused-ring (bicyclic) bond motifs is 2. The molecular formula is C18H20N2O. The van der Waals surface area contributed by atoms with E-state index >= 15 is 0 Å². The summed E-state index contributed by atoms with van der Waals surface area (Å²) in [6, 6.07) is 12.9. The normalized spacial score (nSPS) is 17.1. The van der Waals surface area contributed by atoms with Crippen LogP contribution in [0.1, 0.15) is 22.3 Å². The Kier molecular flexibility index (Phi) is 3.08. The SMILES string of the molecule is Nc1cccc2c1CCN(Cc1ccc3c(c1)CCO3)C2. The number of nitrogens with zero attached hydrogens (tertiary/aromatic N) is 1. The molecule has 0 atom stereocenters. The Hall–Kier alpha value is -2.00. The van der Waals surface area contributed by atoms with E-state index in [-0.39, 0.29) is 0 Å². The molecular weight excluding hydrogens is 260 g/mol. The number of benzene rings is 2. The fourth-order valence-corrected chi connectivity index (χ4v) is 3.43. The van der Waals surface area contributed by atoms with Crippen molar-refractivity contribution >= 4 is 5.69 Å². The van der Waals surface area contributed by atoms with Crippen LogP contribution in [0.2, 0.25) is 0 Å². The molecule has 0 bridgehead atoms. The zero-order valence-electron chi connectivity index (χ0n) is 12.1. The fourth-order valence-electron chi connectivity index (χ4n) is 3.43. The molecule has 3 nitrogen and oxygen atoms in total. The maximum absolute atomic E-state index is 6.07. The van der Waals surface area contributed by atoms with Crippen LogP contribution in [0, 0.1) is 0 Å². The van der Waals surface area contributed by atoms with Crippen molar-refractivity contribution in [2.45, 2.75) is 25.9 Å². The molecule has 4 rings (SSSR count). The average Bonchev–Trinajstić information content (AvgIpc) is 2.95. The van der Waals surface area contributed by atoms with E-state index in [1.165, 1.54) is 22.3 Å². The number of rotatable bonds is 2. The van der Waals surface area contributed by atoms with Crippen LogP contribution < -0.4 is 10.5 Å². The third kappa shape index (κ3) is 2.38. The Morgan fingerprint density at radius 3 is 3.00 bits per heavy atom. The lowest BCUT2D eigenvalue weighted by atomic mass is 9.97. The minimum Gasteiger partial charge on any atom is -0.493 e. The number of nitrogens with two attached hydrogens (primary N) is 1. The lowest BCUT2D eigenvalue weighted by molar-refractivity contribution is 0.246. The van der Waals surface area contributed by atoms with Gasteiger partial charge in [-0.15, -0.1) is 0 Å². The van der Waals surface area contributed by atoms with Gasteiger partial charge in [-0.2, -0.15) is 0 Å². The average molecular weight is 280 g/mol. The van der Waals surface area contributed by atoms with E-state index in [4.69, 9.17) is 10.5 Å². The molecule has 0 unspecified atom stereocenters. The van der Waals surface area contributed by atoms with Crippen molar-refractivity contribution in [2.75, 3.05) is 18.9 Å². The van der Waals surface area contributed by atoms with Gasteiger partial charge in [0, 0.05) is 31.7 Å². The maximum atomic E-state index is 6.07. The standard InChI is InChI=1S/C18H20N2O/c19-17-3-1-2-15-12-20(8-6-16(15)17)11-13-4-5-18-14(10-13)7-9-21-18/h1-5,10H,6-9,11-12,19H2. The molecule has 3 heteroatoms. The van der Waals surface area contributed by atoms with Crippen molar-refractivity contribution in [2.24, 2.45) is 0 Å². The van der Waals surface area contributed by atoms with Gasteiger partial charge >= 0.3 is 0 Å². The molecule has 2 aliphatic rings. The van der Waals surface area contributed by atoms with E-state index in [2.05, 4.69) is 35.2 Å². The van der Waals surface area contributed by atoms with Gasteiger partial charge in [0.05, 0.1) is 6.61 Å². The number of ether oxygens (including phenoxy) is 1. The Morgan fingerprint density at radius 2 is 2.05 bits per heavy atom. The largest absolute Gasteiger partial charge is 0.493 e. The monoisotopic (exact) mass is 280 g/mol. The highest BCUT2D eigenvalue weighted by Gasteiger charge is 2.19. The number of nitrogen functional groups attached to an aromatic ring is 1. The highest BCUT2D eigenvalue weighted by atomic mass is 16.5. The molecule has 2 aromatic rings. The molecule has 0 amide bonds. The molecule has 0 aliphatic carbocycles. The highest BCUT2D eigenvalue weighted by Crippen LogP contribution is 2.28. The second-order valence-electron chi connectivity index (χ2n) is 5.99. The van der Waals surface area contributed by atoms with E-state index in [1.807, 2.05) is 6.07 Å². The minimum atomic E-state index is 0.829. The zero-order valence-corrected chi connectivity index (χ0v) is 12.1. The Balaban J connectivity index is 1.51. The van der Waals surface area contributed by atoms with E-state index in [0.717, 1.165) is 50.5 Å². The summed E-state index contributed by atoms with van der Waals surface area (Å²) in [6.45, 7) is 3.90. The third-order valence-electron chi connectivity index (χ3n) is 4.54. The van der Waals surface area contributed by atoms with Gasteiger partial charge in [0.15, 0.2) is 0 Å². The summed E-state index contributed by atoms with van der Waals surface area (Å²) in [5.41, 5.74) is 12.5. The van der Waals surface area contributed by atoms with E-state index in [0.29, 0.717) is 0 Å². The van der Waals surface area contributed by atoms with Crippen LogP contribution in [0.4, 0.5) is 5.69 Å². The first-order valence-electron chi connectivity index (χ1n) is 7.63. The van der Waals surface area contributed by atoms with Crippen molar-refractivity contribution in [3.8, 4) is 5.75 Å². The maximum Gasteiger partial charge on any atom is 0.122 e. The van der Waals surface area contributed by atoms with Gasteiger partial charge in [-0.25, -0.2) is 0 Å². The van der Waals surface area contributed by atoms with Crippen molar-refractivity contribution in [1.29, 1.82) is 0 Å². The number of hydrogen-bond donors (Lipinski definition) is 1. The van der Waals surface area contributed by atoms with Crippen molar-refractivity contribution < 1.29 is 4.74 Å². The first-order chi connectivity index (χ1) is 10.3. The molecule has 0 radical (unpaired) electrons. The first kappa shape index (κ1) is 12.7. The van der Waals surface area contributed by atoms with Crippen LogP contribution in [0.5, 0.6) is 5.75 Å². The Morgan fingerprint density at radius 1 is 1.10 bits per heavy atom. The summed E-state index contributed by atoms with van der Waals surface area (Å²) < 4.78 is 5.58. The lowest BCUT2D eigenvalue weighted by Crippen LogP contribution is -2.30. The van der Waals surface area contributed by atoms with Crippen LogP contribution >= 0.6 is 0 Å². The molecule has 0 spiro atoms. The number of anilines is 1. The van der Waals surface area contributed by atoms with Crippen molar-refractivity contribution in [3.05, 3.63) is 58.7 Å². The molecule has 2 heterocycles. The Bertz CT molecular complexity index is 681. The minimum absolute atomic E-state index is 0.829. The molecule has 0 aromatic heterocycles. The van der Waals surface area contributed by atoms with Crippen LogP contribution in [0.3, 0.4) is 0 Å². The second kappa shape index (κ2) is 5.08. The molecule has 2 aliphatic heterocycles. The van der Waals surface area contributed by atoms with Gasteiger partial charge < -0.3 is 10.5 Å². The van der Waals surface area contributed by atoms with Crippen LogP contribution in [0.25, 0.3) is 0 Å². The molecule has 2 N–H and O–H groups in total. The summed E-state index contributed by atoms with van der Waals surface area (Å²) in [7, 11) is 0. The lowest BCUT2D eigenvalue weighted by Gasteiger charge is -2.29. The zero-order chi connectivity index (χ0) is 14.2. The predicted molar refractivity (Wildman–Crippen MR) is 84.3 cm³/mol. The summed E-state index contributed by atoms with van der Waals surface area (Å²) >= 11 is 0. The van der Waals surface area contributed by atoms with Crippen LogP contribution in [0.15, 0.2) is 36.4 Å². The molecule has 21 heavy (non-hydrogen) atoms. The van der Waals surface area contributed by atoms with Gasteiger partial charge in [0.25, 0.3) is 0 Å². The van der Waals surface area contributed by atoms with Crippen LogP contribution in [-0.4, -0.2) is 18.1 Å². The summed E-state index contributed by atoms with van der Waals surface area (Å²) in [6.07, 6.45) is 2.10. The number of hydrogen-bond acceptors (Lipinski definition) is 3. The summed E-state index contributed by atoms with van der Waals surface area (Å²) in [5, 5.41) is 0. The van der Waals surface area contributed by atoms with E-state index in [1.54, 1.807) is 0 Å². The van der Waals surface area contributed by atoms with Gasteiger partial charge in [-0.1, -0.05) is 24.3 Å². The summed E-state index contributed by atoms with van der Waals surface area (Å²) in [4.78, 5) is 2.50. The van der Waals surface area contributed by atoms with Crippen molar-refractivity contribution in [1.82, 2.24) is 4.90 Å². The molecule has 0 saturated carbocycles. The quantitative estimate of drug-likeness (QED) is 0.860. The Labute approximate surface area is 125 Å². The fraction of sp³-hybridized carbons (Fsp3) is 0.333. The molecule has 108 valence electrons. The second-order valence-corrected chi connectivity index (χ2v) is 5.99. The summed E-state index contributed by atoms with van der Waals surface area (Å²) in [5.74, 6) is 1.07. The molecule has 0 saturated heterocycles. The van der Waals surface area contributed by atoms with Gasteiger partial charge in [-0.3, -0.25) is 4.90 Å². The topological polar surface area (TPSA) is 38.5 Å². The molecule has 0 fully saturated rings. The van der Waals surface area contributed by atoms with Gasteiger partial charge in [0.1, 0.15) is 5.75 Å². The smallest absolute Gasteiger partial charge is 0.122 e. The molecule has 2 aromatic carbocycles. The van der Waals surface area contributed by atoms with E-state index in [9.17, 15) is 0 Å².